The molecule has 0 aliphatic carbocycles. The highest BCUT2D eigenvalue weighted by atomic mass is 32.2. The number of aromatic nitrogens is 3. The molecule has 0 radical (unpaired) electrons. The summed E-state index contributed by atoms with van der Waals surface area (Å²) in [5, 5.41) is 8.43. The summed E-state index contributed by atoms with van der Waals surface area (Å²) in [5.74, 6) is 0.315. The van der Waals surface area contributed by atoms with E-state index < -0.39 is 6.04 Å². The van der Waals surface area contributed by atoms with Gasteiger partial charge in [0.1, 0.15) is 11.9 Å². The topological polar surface area (TPSA) is 69.0 Å². The Morgan fingerprint density at radius 2 is 1.89 bits per heavy atom. The van der Waals surface area contributed by atoms with Crippen molar-refractivity contribution in [3.63, 3.8) is 0 Å². The molecule has 1 unspecified atom stereocenters. The second-order valence-corrected chi connectivity index (χ2v) is 10.6. The smallest absolute Gasteiger partial charge is 0.338 e. The minimum Gasteiger partial charge on any atom is -0.462 e. The van der Waals surface area contributed by atoms with Gasteiger partial charge in [-0.05, 0) is 41.5 Å². The number of thioether (sulfide) groups is 1. The first-order chi connectivity index (χ1) is 16.7. The van der Waals surface area contributed by atoms with E-state index in [4.69, 9.17) is 9.84 Å². The number of carbonyl (C=O) groups is 1. The zero-order valence-electron chi connectivity index (χ0n) is 20.8. The van der Waals surface area contributed by atoms with Gasteiger partial charge in [-0.25, -0.2) is 13.9 Å². The van der Waals surface area contributed by atoms with Crippen LogP contribution in [-0.2, 0) is 20.7 Å². The highest BCUT2D eigenvalue weighted by molar-refractivity contribution is 7.98. The summed E-state index contributed by atoms with van der Waals surface area (Å²) in [6, 6.07) is 14.4. The quantitative estimate of drug-likeness (QED) is 0.309. The van der Waals surface area contributed by atoms with Crippen LogP contribution in [0.5, 0.6) is 0 Å². The minimum absolute atomic E-state index is 0.0101. The van der Waals surface area contributed by atoms with Crippen LogP contribution in [0.15, 0.2) is 65.0 Å². The monoisotopic (exact) mass is 494 g/mol. The van der Waals surface area contributed by atoms with Crippen molar-refractivity contribution in [2.24, 2.45) is 0 Å². The van der Waals surface area contributed by atoms with Crippen LogP contribution in [-0.4, -0.2) is 27.3 Å². The Bertz CT molecular complexity index is 1240. The number of hydrogen-bond donors (Lipinski definition) is 1. The molecule has 3 aromatic rings. The molecule has 1 atom stereocenters. The normalized spacial score (nSPS) is 15.5. The second kappa shape index (κ2) is 10.2. The van der Waals surface area contributed by atoms with Gasteiger partial charge in [0.05, 0.1) is 12.2 Å². The molecule has 184 valence electrons. The fourth-order valence-corrected chi connectivity index (χ4v) is 4.78. The first-order valence-corrected chi connectivity index (χ1v) is 12.8. The van der Waals surface area contributed by atoms with Gasteiger partial charge in [0.15, 0.2) is 0 Å². The van der Waals surface area contributed by atoms with E-state index in [9.17, 15) is 9.18 Å². The molecular formula is C27H31FN4O2S. The number of nitrogens with zero attached hydrogens (tertiary/aromatic N) is 3. The van der Waals surface area contributed by atoms with E-state index in [0.29, 0.717) is 40.3 Å². The molecule has 35 heavy (non-hydrogen) atoms. The molecule has 8 heteroatoms. The van der Waals surface area contributed by atoms with E-state index >= 15 is 0 Å². The van der Waals surface area contributed by atoms with E-state index in [-0.39, 0.29) is 17.2 Å². The Labute approximate surface area is 210 Å². The minimum atomic E-state index is -0.486. The van der Waals surface area contributed by atoms with Gasteiger partial charge in [-0.3, -0.25) is 0 Å². The zero-order chi connectivity index (χ0) is 25.2. The van der Waals surface area contributed by atoms with Gasteiger partial charge in [0, 0.05) is 11.4 Å². The zero-order valence-corrected chi connectivity index (χ0v) is 21.6. The van der Waals surface area contributed by atoms with Crippen molar-refractivity contribution in [1.29, 1.82) is 0 Å². The van der Waals surface area contributed by atoms with E-state index in [1.54, 1.807) is 16.8 Å². The third-order valence-corrected chi connectivity index (χ3v) is 6.78. The number of hydrogen-bond acceptors (Lipinski definition) is 6. The number of esters is 1. The summed E-state index contributed by atoms with van der Waals surface area (Å²) in [4.78, 5) is 17.7. The molecule has 6 nitrogen and oxygen atoms in total. The fourth-order valence-electron chi connectivity index (χ4n) is 3.96. The summed E-state index contributed by atoms with van der Waals surface area (Å²) >= 11 is 1.35. The first kappa shape index (κ1) is 25.0. The number of ether oxygens (including phenoxy) is 1. The van der Waals surface area contributed by atoms with Crippen molar-refractivity contribution in [3.8, 4) is 0 Å². The number of rotatable bonds is 7. The van der Waals surface area contributed by atoms with Crippen LogP contribution in [0, 0.1) is 5.82 Å². The van der Waals surface area contributed by atoms with E-state index in [1.807, 2.05) is 32.0 Å². The lowest BCUT2D eigenvalue weighted by Gasteiger charge is -2.28. The van der Waals surface area contributed by atoms with Gasteiger partial charge in [-0.15, -0.1) is 5.10 Å². The summed E-state index contributed by atoms with van der Waals surface area (Å²) in [6.07, 6.45) is 0.738. The summed E-state index contributed by atoms with van der Waals surface area (Å²) in [7, 11) is 0. The molecule has 2 heterocycles. The largest absolute Gasteiger partial charge is 0.462 e. The molecule has 0 spiro atoms. The van der Waals surface area contributed by atoms with Gasteiger partial charge in [0.2, 0.25) is 11.1 Å². The fraction of sp³-hybridized carbons (Fsp3) is 0.370. The van der Waals surface area contributed by atoms with Crippen LogP contribution in [0.4, 0.5) is 10.3 Å². The summed E-state index contributed by atoms with van der Waals surface area (Å²) in [5.41, 5.74) is 3.90. The third kappa shape index (κ3) is 5.42. The average Bonchev–Trinajstić information content (AvgIpc) is 3.23. The van der Waals surface area contributed by atoms with Crippen LogP contribution in [0.25, 0.3) is 0 Å². The molecule has 0 bridgehead atoms. The third-order valence-electron chi connectivity index (χ3n) is 5.90. The van der Waals surface area contributed by atoms with E-state index in [1.165, 1.54) is 23.4 Å². The average molecular weight is 495 g/mol. The molecule has 0 saturated heterocycles. The summed E-state index contributed by atoms with van der Waals surface area (Å²) < 4.78 is 21.3. The second-order valence-electron chi connectivity index (χ2n) is 9.62. The maximum Gasteiger partial charge on any atom is 0.338 e. The number of carbonyl (C=O) groups excluding carboxylic acids is 1. The molecule has 4 rings (SSSR count). The maximum absolute atomic E-state index is 14.1. The van der Waals surface area contributed by atoms with Gasteiger partial charge in [0.25, 0.3) is 0 Å². The molecule has 2 aromatic carbocycles. The van der Waals surface area contributed by atoms with Crippen molar-refractivity contribution < 1.29 is 13.9 Å². The van der Waals surface area contributed by atoms with Gasteiger partial charge in [-0.2, -0.15) is 4.98 Å². The number of halogens is 1. The standard InChI is InChI=1S/C27H31FN4O2S/c1-6-15-34-24(33)22-17(2)29-25-30-26(35-16-19-9-7-8-10-21(19)28)31-32(25)23(22)18-11-13-20(14-12-18)27(3,4)5/h7-14,23H,6,15-16H2,1-5H3,(H,29,30,31). The predicted octanol–water partition coefficient (Wildman–Crippen LogP) is 6.25. The summed E-state index contributed by atoms with van der Waals surface area (Å²) in [6.45, 7) is 10.7. The van der Waals surface area contributed by atoms with Gasteiger partial charge in [-0.1, -0.05) is 81.9 Å². The highest BCUT2D eigenvalue weighted by Crippen LogP contribution is 2.38. The van der Waals surface area contributed by atoms with E-state index in [2.05, 4.69) is 43.2 Å². The highest BCUT2D eigenvalue weighted by Gasteiger charge is 2.35. The van der Waals surface area contributed by atoms with Crippen LogP contribution in [0.2, 0.25) is 0 Å². The lowest BCUT2D eigenvalue weighted by atomic mass is 9.85. The number of anilines is 1. The van der Waals surface area contributed by atoms with Gasteiger partial charge >= 0.3 is 5.97 Å². The van der Waals surface area contributed by atoms with Crippen molar-refractivity contribution in [2.75, 3.05) is 11.9 Å². The lowest BCUT2D eigenvalue weighted by Crippen LogP contribution is -2.30. The molecule has 0 fully saturated rings. The Balaban J connectivity index is 1.70. The maximum atomic E-state index is 14.1. The van der Waals surface area contributed by atoms with Crippen molar-refractivity contribution >= 4 is 23.7 Å². The Hall–Kier alpha value is -3.13. The molecule has 1 aliphatic rings. The Morgan fingerprint density at radius 1 is 1.17 bits per heavy atom. The number of benzene rings is 2. The van der Waals surface area contributed by atoms with Crippen LogP contribution >= 0.6 is 11.8 Å². The molecule has 0 saturated carbocycles. The van der Waals surface area contributed by atoms with Crippen molar-refractivity contribution in [2.45, 2.75) is 63.4 Å². The van der Waals surface area contributed by atoms with E-state index in [0.717, 1.165) is 12.0 Å². The first-order valence-electron chi connectivity index (χ1n) is 11.8. The molecule has 0 amide bonds. The van der Waals surface area contributed by atoms with Crippen molar-refractivity contribution in [3.05, 3.63) is 82.3 Å². The number of fused-ring (bicyclic) bond motifs is 1. The predicted molar refractivity (Wildman–Crippen MR) is 137 cm³/mol. The molecule has 1 aliphatic heterocycles. The number of nitrogens with one attached hydrogen (secondary N) is 1. The van der Waals surface area contributed by atoms with Gasteiger partial charge < -0.3 is 10.1 Å². The molecule has 1 aromatic heterocycles. The number of allylic oxidation sites excluding steroid dienone is 1. The molecule has 1 N–H and O–H groups in total. The lowest BCUT2D eigenvalue weighted by molar-refractivity contribution is -0.139. The molecular weight excluding hydrogens is 463 g/mol. The Kier molecular flexibility index (Phi) is 7.31. The van der Waals surface area contributed by atoms with Crippen LogP contribution in [0.1, 0.15) is 63.8 Å². The van der Waals surface area contributed by atoms with Crippen LogP contribution < -0.4 is 5.32 Å². The van der Waals surface area contributed by atoms with Crippen LogP contribution in [0.3, 0.4) is 0 Å². The SMILES string of the molecule is CCCOC(=O)C1=C(C)Nc2nc(SCc3ccccc3F)nn2C1c1ccc(C(C)(C)C)cc1. The van der Waals surface area contributed by atoms with Crippen molar-refractivity contribution in [1.82, 2.24) is 14.8 Å². The Morgan fingerprint density at radius 3 is 2.54 bits per heavy atom.